The van der Waals surface area contributed by atoms with Gasteiger partial charge in [-0.25, -0.2) is 9.07 Å². The van der Waals surface area contributed by atoms with Crippen molar-refractivity contribution in [2.24, 2.45) is 0 Å². The molecular weight excluding hydrogens is 395 g/mol. The van der Waals surface area contributed by atoms with Gasteiger partial charge in [0.1, 0.15) is 17.2 Å². The van der Waals surface area contributed by atoms with Gasteiger partial charge >= 0.3 is 0 Å². The number of aromatic amines is 1. The Bertz CT molecular complexity index is 1380. The number of anilines is 1. The van der Waals surface area contributed by atoms with E-state index in [-0.39, 0.29) is 5.82 Å². The molecule has 1 aliphatic heterocycles. The van der Waals surface area contributed by atoms with E-state index < -0.39 is 0 Å². The highest BCUT2D eigenvalue weighted by Crippen LogP contribution is 2.36. The molecule has 0 bridgehead atoms. The predicted octanol–water partition coefficient (Wildman–Crippen LogP) is 4.69. The minimum Gasteiger partial charge on any atom is -0.384 e. The molecule has 5 aromatic rings. The van der Waals surface area contributed by atoms with Crippen LogP contribution in [-0.4, -0.2) is 31.4 Å². The van der Waals surface area contributed by atoms with Gasteiger partial charge in [0.2, 0.25) is 5.82 Å². The van der Waals surface area contributed by atoms with Crippen LogP contribution in [0, 0.1) is 5.82 Å². The number of hydrogen-bond donors (Lipinski definition) is 2. The Morgan fingerprint density at radius 2 is 1.87 bits per heavy atom. The molecule has 6 rings (SSSR count). The number of pyridine rings is 1. The van der Waals surface area contributed by atoms with Crippen LogP contribution in [0.15, 0.2) is 71.5 Å². The third-order valence-electron chi connectivity index (χ3n) is 5.45. The van der Waals surface area contributed by atoms with Crippen molar-refractivity contribution in [1.82, 2.24) is 24.9 Å². The summed E-state index contributed by atoms with van der Waals surface area (Å²) in [6.45, 7) is 0.939. The van der Waals surface area contributed by atoms with E-state index >= 15 is 0 Å². The number of nitrogens with zero attached hydrogens (tertiary/aromatic N) is 4. The monoisotopic (exact) mass is 412 g/mol. The Balaban J connectivity index is 1.43. The number of fused-ring (bicyclic) bond motifs is 1. The Morgan fingerprint density at radius 1 is 1.00 bits per heavy atom. The average Bonchev–Trinajstić information content (AvgIpc) is 3.44. The van der Waals surface area contributed by atoms with Crippen molar-refractivity contribution >= 4 is 5.69 Å². The Kier molecular flexibility index (Phi) is 3.95. The van der Waals surface area contributed by atoms with Crippen molar-refractivity contribution in [1.29, 1.82) is 0 Å². The molecular formula is C23H17FN6O. The summed E-state index contributed by atoms with van der Waals surface area (Å²) < 4.78 is 21.7. The maximum absolute atomic E-state index is 14.4. The molecule has 2 N–H and O–H groups in total. The third-order valence-corrected chi connectivity index (χ3v) is 5.45. The van der Waals surface area contributed by atoms with Crippen molar-refractivity contribution in [2.45, 2.75) is 6.42 Å². The maximum Gasteiger partial charge on any atom is 0.278 e. The van der Waals surface area contributed by atoms with Gasteiger partial charge in [-0.2, -0.15) is 4.98 Å². The Hall–Kier alpha value is -4.20. The first-order chi connectivity index (χ1) is 15.3. The fraction of sp³-hybridized carbons (Fsp3) is 0.0870. The lowest BCUT2D eigenvalue weighted by Gasteiger charge is -2.22. The van der Waals surface area contributed by atoms with Gasteiger partial charge in [0.15, 0.2) is 0 Å². The molecule has 0 saturated heterocycles. The SMILES string of the molecule is Fc1ccccc1-n1[nH]c(-c2nc(-c3ccc4c(c3)NCC4)no2)c1-c1ccncc1. The number of H-pyrrole nitrogens is 1. The topological polar surface area (TPSA) is 84.6 Å². The number of halogens is 1. The highest BCUT2D eigenvalue weighted by atomic mass is 19.1. The van der Waals surface area contributed by atoms with Crippen molar-refractivity contribution in [3.05, 3.63) is 78.4 Å². The molecule has 2 aromatic carbocycles. The molecule has 0 spiro atoms. The second-order valence-electron chi connectivity index (χ2n) is 7.33. The van der Waals surface area contributed by atoms with Crippen LogP contribution in [0.2, 0.25) is 0 Å². The molecule has 0 atom stereocenters. The Morgan fingerprint density at radius 3 is 2.74 bits per heavy atom. The summed E-state index contributed by atoms with van der Waals surface area (Å²) in [5, 5.41) is 10.7. The normalized spacial score (nSPS) is 12.7. The molecule has 4 heterocycles. The van der Waals surface area contributed by atoms with Gasteiger partial charge in [0.05, 0.1) is 5.69 Å². The van der Waals surface area contributed by atoms with Crippen LogP contribution in [0.3, 0.4) is 0 Å². The summed E-state index contributed by atoms with van der Waals surface area (Å²) in [5.74, 6) is 0.500. The molecule has 0 radical (unpaired) electrons. The fourth-order valence-corrected chi connectivity index (χ4v) is 3.90. The molecule has 0 aliphatic carbocycles. The molecule has 7 nitrogen and oxygen atoms in total. The average molecular weight is 412 g/mol. The smallest absolute Gasteiger partial charge is 0.278 e. The quantitative estimate of drug-likeness (QED) is 0.447. The lowest BCUT2D eigenvalue weighted by atomic mass is 10.1. The number of hydrogen-bond acceptors (Lipinski definition) is 5. The zero-order valence-corrected chi connectivity index (χ0v) is 16.3. The van der Waals surface area contributed by atoms with Gasteiger partial charge in [-0.3, -0.25) is 10.1 Å². The zero-order chi connectivity index (χ0) is 20.8. The molecule has 1 aliphatic rings. The number of benzene rings is 2. The van der Waals surface area contributed by atoms with Crippen molar-refractivity contribution in [2.75, 3.05) is 11.9 Å². The van der Waals surface area contributed by atoms with E-state index in [4.69, 9.17) is 4.52 Å². The molecule has 8 heteroatoms. The van der Waals surface area contributed by atoms with E-state index in [1.807, 2.05) is 24.3 Å². The lowest BCUT2D eigenvalue weighted by molar-refractivity contribution is 0.428. The van der Waals surface area contributed by atoms with Crippen LogP contribution in [0.1, 0.15) is 5.56 Å². The molecule has 0 saturated carbocycles. The van der Waals surface area contributed by atoms with Crippen LogP contribution >= 0.6 is 0 Å². The third kappa shape index (κ3) is 2.92. The van der Waals surface area contributed by atoms with Crippen molar-refractivity contribution < 1.29 is 8.91 Å². The van der Waals surface area contributed by atoms with Gasteiger partial charge < -0.3 is 9.84 Å². The van der Waals surface area contributed by atoms with E-state index in [2.05, 4.69) is 31.6 Å². The lowest BCUT2D eigenvalue weighted by Crippen LogP contribution is -2.15. The number of nitrogens with one attached hydrogen (secondary N) is 2. The number of aromatic nitrogens is 5. The summed E-state index contributed by atoms with van der Waals surface area (Å²) >= 11 is 0. The molecule has 31 heavy (non-hydrogen) atoms. The van der Waals surface area contributed by atoms with Crippen molar-refractivity contribution in [3.63, 3.8) is 0 Å². The number of para-hydroxylation sites is 1. The fourth-order valence-electron chi connectivity index (χ4n) is 3.90. The van der Waals surface area contributed by atoms with E-state index in [9.17, 15) is 4.39 Å². The first kappa shape index (κ1) is 17.6. The standard InChI is InChI=1S/C23H17FN6O/c24-17-3-1-2-4-19(17)30-21(15-7-10-25-11-8-15)20(28-30)23-27-22(29-31-23)16-6-5-14-9-12-26-18(14)13-16/h1-8,10-11,13,26,28H,9,12H2. The largest absolute Gasteiger partial charge is 0.384 e. The summed E-state index contributed by atoms with van der Waals surface area (Å²) in [7, 11) is 0. The van der Waals surface area contributed by atoms with Crippen LogP contribution in [0.4, 0.5) is 10.1 Å². The molecule has 3 aromatic heterocycles. The van der Waals surface area contributed by atoms with Crippen LogP contribution < -0.4 is 5.32 Å². The summed E-state index contributed by atoms with van der Waals surface area (Å²) in [4.78, 5) is 8.67. The first-order valence-electron chi connectivity index (χ1n) is 9.95. The molecule has 0 unspecified atom stereocenters. The maximum atomic E-state index is 14.4. The molecule has 0 amide bonds. The van der Waals surface area contributed by atoms with E-state index in [0.717, 1.165) is 35.5 Å². The summed E-state index contributed by atoms with van der Waals surface area (Å²) in [6.07, 6.45) is 4.40. The number of rotatable bonds is 4. The van der Waals surface area contributed by atoms with Crippen molar-refractivity contribution in [3.8, 4) is 39.9 Å². The molecule has 152 valence electrons. The van der Waals surface area contributed by atoms with E-state index in [1.165, 1.54) is 11.6 Å². The molecule has 0 fully saturated rings. The second kappa shape index (κ2) is 6.94. The van der Waals surface area contributed by atoms with Gasteiger partial charge in [-0.05, 0) is 42.3 Å². The summed E-state index contributed by atoms with van der Waals surface area (Å²) in [5.41, 5.74) is 5.89. The second-order valence-corrected chi connectivity index (χ2v) is 7.33. The van der Waals surface area contributed by atoms with E-state index in [1.54, 1.807) is 35.3 Å². The Labute approximate surface area is 176 Å². The van der Waals surface area contributed by atoms with Gasteiger partial charge in [0, 0.05) is 35.8 Å². The van der Waals surface area contributed by atoms with Crippen LogP contribution in [0.5, 0.6) is 0 Å². The van der Waals surface area contributed by atoms with E-state index in [0.29, 0.717) is 23.1 Å². The highest BCUT2D eigenvalue weighted by molar-refractivity contribution is 5.78. The predicted molar refractivity (Wildman–Crippen MR) is 114 cm³/mol. The van der Waals surface area contributed by atoms with Gasteiger partial charge in [-0.1, -0.05) is 29.4 Å². The van der Waals surface area contributed by atoms with Crippen LogP contribution in [0.25, 0.3) is 39.9 Å². The van der Waals surface area contributed by atoms with Gasteiger partial charge in [0.25, 0.3) is 5.89 Å². The minimum atomic E-state index is -0.336. The minimum absolute atomic E-state index is 0.336. The zero-order valence-electron chi connectivity index (χ0n) is 16.3. The van der Waals surface area contributed by atoms with Crippen LogP contribution in [-0.2, 0) is 6.42 Å². The highest BCUT2D eigenvalue weighted by Gasteiger charge is 2.25. The van der Waals surface area contributed by atoms with Gasteiger partial charge in [-0.15, -0.1) is 0 Å². The summed E-state index contributed by atoms with van der Waals surface area (Å²) in [6, 6.07) is 16.4. The first-order valence-corrected chi connectivity index (χ1v) is 9.95.